The molecule has 1 saturated heterocycles. The zero-order chi connectivity index (χ0) is 23.7. The number of benzene rings is 1. The van der Waals surface area contributed by atoms with E-state index in [1.807, 2.05) is 13.0 Å². The number of nitrogens with two attached hydrogens (primary N) is 2. The van der Waals surface area contributed by atoms with E-state index in [0.29, 0.717) is 47.8 Å². The van der Waals surface area contributed by atoms with E-state index in [0.717, 1.165) is 11.8 Å². The Morgan fingerprint density at radius 3 is 2.50 bits per heavy atom. The van der Waals surface area contributed by atoms with Crippen LogP contribution in [0.3, 0.4) is 0 Å². The Balaban J connectivity index is 1.93. The summed E-state index contributed by atoms with van der Waals surface area (Å²) >= 11 is 0. The van der Waals surface area contributed by atoms with Crippen molar-refractivity contribution in [2.24, 2.45) is 11.5 Å². The molecule has 6 N–H and O–H groups in total. The van der Waals surface area contributed by atoms with Gasteiger partial charge >= 0.3 is 6.18 Å². The third-order valence-corrected chi connectivity index (χ3v) is 5.96. The smallest absolute Gasteiger partial charge is 0.401 e. The largest absolute Gasteiger partial charge is 0.416 e. The first-order valence-corrected chi connectivity index (χ1v) is 10.5. The van der Waals surface area contributed by atoms with Crippen LogP contribution in [0.1, 0.15) is 43.4 Å². The normalized spacial score (nSPS) is 18.3. The molecule has 6 nitrogen and oxygen atoms in total. The highest BCUT2D eigenvalue weighted by Gasteiger charge is 2.32. The predicted octanol–water partition coefficient (Wildman–Crippen LogP) is 1.66. The number of nitrogens with zero attached hydrogens (tertiary/aromatic N) is 2. The number of hydrogen-bond donors (Lipinski definition) is 4. The number of hydrogen-bond acceptors (Lipinski definition) is 6. The average molecular weight is 450 g/mol. The van der Waals surface area contributed by atoms with E-state index in [1.54, 1.807) is 19.2 Å². The Kier molecular flexibility index (Phi) is 6.59. The van der Waals surface area contributed by atoms with Gasteiger partial charge in [0.25, 0.3) is 0 Å². The molecule has 2 aromatic rings. The number of pyridine rings is 1. The third-order valence-electron chi connectivity index (χ3n) is 5.96. The SMILES string of the molecule is C/C(N)=c1\ncc(N2CCC(C)(O)CC2)c\c1=C(\N)NCc1cccc(C(F)(F)F)c1C. The van der Waals surface area contributed by atoms with Gasteiger partial charge in [-0.05, 0) is 56.9 Å². The van der Waals surface area contributed by atoms with Crippen molar-refractivity contribution in [2.75, 3.05) is 18.0 Å². The van der Waals surface area contributed by atoms with E-state index in [2.05, 4.69) is 15.2 Å². The van der Waals surface area contributed by atoms with Gasteiger partial charge in [0, 0.05) is 30.5 Å². The summed E-state index contributed by atoms with van der Waals surface area (Å²) in [6, 6.07) is 5.97. The summed E-state index contributed by atoms with van der Waals surface area (Å²) < 4.78 is 39.6. The van der Waals surface area contributed by atoms with Gasteiger partial charge in [0.15, 0.2) is 0 Å². The van der Waals surface area contributed by atoms with Crippen molar-refractivity contribution in [3.05, 3.63) is 57.7 Å². The zero-order valence-corrected chi connectivity index (χ0v) is 18.6. The van der Waals surface area contributed by atoms with Gasteiger partial charge in [0.1, 0.15) is 5.82 Å². The minimum atomic E-state index is -4.41. The number of aromatic nitrogens is 1. The van der Waals surface area contributed by atoms with Gasteiger partial charge in [-0.15, -0.1) is 0 Å². The van der Waals surface area contributed by atoms with Gasteiger partial charge < -0.3 is 26.8 Å². The Morgan fingerprint density at radius 2 is 1.91 bits per heavy atom. The molecular weight excluding hydrogens is 419 g/mol. The predicted molar refractivity (Wildman–Crippen MR) is 119 cm³/mol. The summed E-state index contributed by atoms with van der Waals surface area (Å²) in [5, 5.41) is 14.3. The highest BCUT2D eigenvalue weighted by atomic mass is 19.4. The second-order valence-corrected chi connectivity index (χ2v) is 8.61. The molecule has 0 atom stereocenters. The molecule has 1 aliphatic heterocycles. The van der Waals surface area contributed by atoms with E-state index >= 15 is 0 Å². The van der Waals surface area contributed by atoms with Crippen molar-refractivity contribution in [2.45, 2.75) is 51.9 Å². The molecule has 1 fully saturated rings. The van der Waals surface area contributed by atoms with E-state index in [9.17, 15) is 18.3 Å². The van der Waals surface area contributed by atoms with Crippen LogP contribution in [0, 0.1) is 6.92 Å². The molecule has 0 amide bonds. The first-order chi connectivity index (χ1) is 14.9. The van der Waals surface area contributed by atoms with Crippen molar-refractivity contribution in [3.8, 4) is 0 Å². The number of piperidine rings is 1. The fourth-order valence-corrected chi connectivity index (χ4v) is 3.86. The molecule has 0 radical (unpaired) electrons. The summed E-state index contributed by atoms with van der Waals surface area (Å²) in [4.78, 5) is 6.59. The van der Waals surface area contributed by atoms with Crippen LogP contribution in [0.2, 0.25) is 0 Å². The maximum Gasteiger partial charge on any atom is 0.416 e. The van der Waals surface area contributed by atoms with E-state index in [4.69, 9.17) is 11.5 Å². The summed E-state index contributed by atoms with van der Waals surface area (Å²) in [7, 11) is 0. The Morgan fingerprint density at radius 1 is 1.25 bits per heavy atom. The molecule has 1 aliphatic rings. The molecule has 0 bridgehead atoms. The zero-order valence-electron chi connectivity index (χ0n) is 18.6. The van der Waals surface area contributed by atoms with E-state index in [1.165, 1.54) is 13.0 Å². The minimum Gasteiger partial charge on any atom is -0.401 e. The van der Waals surface area contributed by atoms with Gasteiger partial charge in [-0.3, -0.25) is 4.98 Å². The molecule has 3 rings (SSSR count). The first kappa shape index (κ1) is 23.7. The first-order valence-electron chi connectivity index (χ1n) is 10.5. The molecule has 0 saturated carbocycles. The topological polar surface area (TPSA) is 100 Å². The lowest BCUT2D eigenvalue weighted by Gasteiger charge is -2.37. The van der Waals surface area contributed by atoms with Gasteiger partial charge in [0.05, 0.1) is 28.4 Å². The second kappa shape index (κ2) is 8.90. The van der Waals surface area contributed by atoms with Crippen LogP contribution < -0.4 is 32.3 Å². The Hall–Kier alpha value is -2.94. The quantitative estimate of drug-likeness (QED) is 0.567. The van der Waals surface area contributed by atoms with Gasteiger partial charge in [-0.1, -0.05) is 12.1 Å². The van der Waals surface area contributed by atoms with Crippen molar-refractivity contribution in [1.82, 2.24) is 10.3 Å². The minimum absolute atomic E-state index is 0.126. The molecule has 0 spiro atoms. The molecule has 0 unspecified atom stereocenters. The van der Waals surface area contributed by atoms with Gasteiger partial charge in [-0.25, -0.2) is 0 Å². The maximum atomic E-state index is 13.2. The van der Waals surface area contributed by atoms with Gasteiger partial charge in [-0.2, -0.15) is 13.2 Å². The van der Waals surface area contributed by atoms with Crippen molar-refractivity contribution >= 4 is 17.2 Å². The lowest BCUT2D eigenvalue weighted by atomic mass is 9.93. The molecule has 9 heteroatoms. The number of halogens is 3. The summed E-state index contributed by atoms with van der Waals surface area (Å²) in [5.41, 5.74) is 13.0. The van der Waals surface area contributed by atoms with Gasteiger partial charge in [0.2, 0.25) is 0 Å². The Bertz CT molecular complexity index is 1100. The van der Waals surface area contributed by atoms with Crippen LogP contribution in [-0.4, -0.2) is 28.8 Å². The number of alkyl halides is 3. The molecule has 174 valence electrons. The summed E-state index contributed by atoms with van der Waals surface area (Å²) in [5.74, 6) is 0.278. The van der Waals surface area contributed by atoms with Crippen molar-refractivity contribution < 1.29 is 18.3 Å². The summed E-state index contributed by atoms with van der Waals surface area (Å²) in [6.45, 7) is 6.47. The molecule has 2 heterocycles. The monoisotopic (exact) mass is 449 g/mol. The number of anilines is 1. The van der Waals surface area contributed by atoms with Crippen molar-refractivity contribution in [1.29, 1.82) is 0 Å². The fraction of sp³-hybridized carbons (Fsp3) is 0.435. The highest BCUT2D eigenvalue weighted by Crippen LogP contribution is 2.32. The lowest BCUT2D eigenvalue weighted by molar-refractivity contribution is -0.138. The standard InChI is InChI=1S/C23H30F3N5O/c1-14-16(5-4-6-19(14)23(24,25)26)12-30-21(28)18-11-17(13-29-20(18)15(2)27)31-9-7-22(3,32)8-10-31/h4-6,11,13,30,32H,7-10,12,27-28H2,1-3H3/b20-15+,21-18+. The summed E-state index contributed by atoms with van der Waals surface area (Å²) in [6.07, 6.45) is -1.41. The Labute approximate surface area is 185 Å². The third kappa shape index (κ3) is 5.27. The van der Waals surface area contributed by atoms with Crippen LogP contribution in [0.5, 0.6) is 0 Å². The lowest BCUT2D eigenvalue weighted by Crippen LogP contribution is -2.44. The van der Waals surface area contributed by atoms with E-state index < -0.39 is 17.3 Å². The van der Waals surface area contributed by atoms with E-state index in [-0.39, 0.29) is 17.9 Å². The van der Waals surface area contributed by atoms with Crippen LogP contribution in [-0.2, 0) is 12.7 Å². The van der Waals surface area contributed by atoms with Crippen LogP contribution in [0.25, 0.3) is 11.5 Å². The number of rotatable bonds is 4. The molecule has 1 aromatic heterocycles. The van der Waals surface area contributed by atoms with Crippen LogP contribution in [0.15, 0.2) is 30.5 Å². The number of aliphatic hydroxyl groups is 1. The molecule has 0 aliphatic carbocycles. The molecule has 1 aromatic carbocycles. The van der Waals surface area contributed by atoms with Crippen LogP contribution >= 0.6 is 0 Å². The van der Waals surface area contributed by atoms with Crippen molar-refractivity contribution in [3.63, 3.8) is 0 Å². The molecule has 32 heavy (non-hydrogen) atoms. The second-order valence-electron chi connectivity index (χ2n) is 8.61. The molecular formula is C23H30F3N5O. The van der Waals surface area contributed by atoms with Crippen LogP contribution in [0.4, 0.5) is 18.9 Å². The number of nitrogens with one attached hydrogen (secondary N) is 1. The average Bonchev–Trinajstić information content (AvgIpc) is 2.71. The highest BCUT2D eigenvalue weighted by molar-refractivity contribution is 5.52. The maximum absolute atomic E-state index is 13.2. The fourth-order valence-electron chi connectivity index (χ4n) is 3.86.